The van der Waals surface area contributed by atoms with E-state index in [2.05, 4.69) is 0 Å². The third-order valence-electron chi connectivity index (χ3n) is 2.64. The van der Waals surface area contributed by atoms with Crippen molar-refractivity contribution in [2.24, 2.45) is 0 Å². The first-order chi connectivity index (χ1) is 9.11. The van der Waals surface area contributed by atoms with Crippen molar-refractivity contribution in [1.29, 1.82) is 0 Å². The van der Waals surface area contributed by atoms with E-state index in [0.717, 1.165) is 0 Å². The van der Waals surface area contributed by atoms with E-state index in [1.807, 2.05) is 0 Å². The van der Waals surface area contributed by atoms with Gasteiger partial charge in [-0.05, 0) is 47.5 Å². The van der Waals surface area contributed by atoms with Crippen LogP contribution in [-0.2, 0) is 11.1 Å². The summed E-state index contributed by atoms with van der Waals surface area (Å²) in [6, 6.07) is 12.6. The molecule has 0 bridgehead atoms. The van der Waals surface area contributed by atoms with Crippen molar-refractivity contribution >= 4 is 16.9 Å². The fraction of sp³-hybridized carbons (Fsp3) is 0.0714. The van der Waals surface area contributed by atoms with E-state index in [0.29, 0.717) is 16.9 Å². The first kappa shape index (κ1) is 13.5. The van der Waals surface area contributed by atoms with Gasteiger partial charge in [0.2, 0.25) is 0 Å². The van der Waals surface area contributed by atoms with E-state index in [-0.39, 0.29) is 10.7 Å². The van der Waals surface area contributed by atoms with Gasteiger partial charge in [-0.25, -0.2) is 0 Å². The van der Waals surface area contributed by atoms with Crippen LogP contribution in [0.4, 0.5) is 0 Å². The molecule has 0 aliphatic rings. The number of carbonyl (C=O) groups excluding carboxylic acids is 1. The van der Waals surface area contributed by atoms with E-state index in [1.165, 1.54) is 12.1 Å². The number of rotatable bonds is 4. The second-order valence-corrected chi connectivity index (χ2v) is 4.76. The minimum atomic E-state index is -2.34. The standard InChI is InChI=1S/C14H12O4S/c1-18-12-7-5-10(6-8-12)14(15)11-3-2-4-13(9-11)19(16)17/h2-9H,1H3,(H,16,17)/p-1. The lowest BCUT2D eigenvalue weighted by Crippen LogP contribution is -2.02. The van der Waals surface area contributed by atoms with Crippen molar-refractivity contribution in [2.75, 3.05) is 7.11 Å². The molecule has 4 nitrogen and oxygen atoms in total. The number of methoxy groups -OCH3 is 1. The zero-order chi connectivity index (χ0) is 13.8. The normalized spacial score (nSPS) is 11.9. The molecule has 0 fully saturated rings. The van der Waals surface area contributed by atoms with Crippen molar-refractivity contribution in [3.05, 3.63) is 59.7 Å². The molecule has 0 aliphatic heterocycles. The van der Waals surface area contributed by atoms with Crippen LogP contribution in [0.15, 0.2) is 53.4 Å². The average Bonchev–Trinajstić information content (AvgIpc) is 2.46. The van der Waals surface area contributed by atoms with E-state index in [9.17, 15) is 13.6 Å². The van der Waals surface area contributed by atoms with Gasteiger partial charge in [-0.1, -0.05) is 12.1 Å². The molecule has 0 saturated heterocycles. The molecule has 0 heterocycles. The van der Waals surface area contributed by atoms with E-state index in [4.69, 9.17) is 4.74 Å². The lowest BCUT2D eigenvalue weighted by atomic mass is 10.0. The third kappa shape index (κ3) is 3.07. The minimum Gasteiger partial charge on any atom is -0.768 e. The quantitative estimate of drug-likeness (QED) is 0.633. The maximum absolute atomic E-state index is 12.2. The Morgan fingerprint density at radius 3 is 2.37 bits per heavy atom. The predicted octanol–water partition coefficient (Wildman–Crippen LogP) is 2.16. The van der Waals surface area contributed by atoms with Gasteiger partial charge in [-0.15, -0.1) is 0 Å². The maximum atomic E-state index is 12.2. The highest BCUT2D eigenvalue weighted by molar-refractivity contribution is 7.79. The van der Waals surface area contributed by atoms with Crippen LogP contribution >= 0.6 is 0 Å². The topological polar surface area (TPSA) is 66.4 Å². The van der Waals surface area contributed by atoms with Gasteiger partial charge in [0.05, 0.1) is 7.11 Å². The second-order valence-electron chi connectivity index (χ2n) is 3.82. The Hall–Kier alpha value is -1.98. The highest BCUT2D eigenvalue weighted by Gasteiger charge is 2.09. The van der Waals surface area contributed by atoms with Crippen LogP contribution in [0.2, 0.25) is 0 Å². The zero-order valence-electron chi connectivity index (χ0n) is 10.2. The molecule has 2 rings (SSSR count). The lowest BCUT2D eigenvalue weighted by Gasteiger charge is -2.07. The molecule has 1 unspecified atom stereocenters. The summed E-state index contributed by atoms with van der Waals surface area (Å²) >= 11 is -2.34. The Kier molecular flexibility index (Phi) is 4.09. The summed E-state index contributed by atoms with van der Waals surface area (Å²) in [6.07, 6.45) is 0. The van der Waals surface area contributed by atoms with Gasteiger partial charge in [-0.2, -0.15) is 0 Å². The van der Waals surface area contributed by atoms with Crippen molar-refractivity contribution in [2.45, 2.75) is 4.90 Å². The zero-order valence-corrected chi connectivity index (χ0v) is 11.0. The molecule has 0 spiro atoms. The molecule has 0 aliphatic carbocycles. The Morgan fingerprint density at radius 1 is 1.11 bits per heavy atom. The average molecular weight is 275 g/mol. The summed E-state index contributed by atoms with van der Waals surface area (Å²) in [5.41, 5.74) is 0.821. The van der Waals surface area contributed by atoms with Gasteiger partial charge in [0, 0.05) is 16.0 Å². The van der Waals surface area contributed by atoms with Crippen molar-refractivity contribution < 1.29 is 18.3 Å². The monoisotopic (exact) mass is 275 g/mol. The number of carbonyl (C=O) groups is 1. The molecular weight excluding hydrogens is 264 g/mol. The maximum Gasteiger partial charge on any atom is 0.193 e. The Morgan fingerprint density at radius 2 is 1.79 bits per heavy atom. The number of hydrogen-bond donors (Lipinski definition) is 0. The molecule has 19 heavy (non-hydrogen) atoms. The van der Waals surface area contributed by atoms with Crippen LogP contribution < -0.4 is 4.74 Å². The number of benzene rings is 2. The van der Waals surface area contributed by atoms with Crippen molar-refractivity contribution in [1.82, 2.24) is 0 Å². The number of ether oxygens (including phenoxy) is 1. The van der Waals surface area contributed by atoms with E-state index in [1.54, 1.807) is 43.5 Å². The van der Waals surface area contributed by atoms with Crippen molar-refractivity contribution in [3.8, 4) is 5.75 Å². The van der Waals surface area contributed by atoms with Crippen LogP contribution in [0, 0.1) is 0 Å². The minimum absolute atomic E-state index is 0.0966. The first-order valence-corrected chi connectivity index (χ1v) is 6.57. The summed E-state index contributed by atoms with van der Waals surface area (Å²) in [5.74, 6) is 0.431. The molecule has 0 saturated carbocycles. The van der Waals surface area contributed by atoms with Crippen LogP contribution in [0.1, 0.15) is 15.9 Å². The molecule has 2 aromatic rings. The molecule has 0 aromatic heterocycles. The molecule has 5 heteroatoms. The van der Waals surface area contributed by atoms with Gasteiger partial charge in [0.1, 0.15) is 5.75 Å². The van der Waals surface area contributed by atoms with Gasteiger partial charge in [0.25, 0.3) is 0 Å². The summed E-state index contributed by atoms with van der Waals surface area (Å²) in [6.45, 7) is 0. The Balaban J connectivity index is 2.32. The molecule has 2 aromatic carbocycles. The predicted molar refractivity (Wildman–Crippen MR) is 70.1 cm³/mol. The summed E-state index contributed by atoms with van der Waals surface area (Å²) in [4.78, 5) is 12.3. The van der Waals surface area contributed by atoms with Gasteiger partial charge in [0.15, 0.2) is 5.78 Å². The molecule has 98 valence electrons. The number of hydrogen-bond acceptors (Lipinski definition) is 4. The number of ketones is 1. The highest BCUT2D eigenvalue weighted by atomic mass is 32.2. The molecule has 0 amide bonds. The molecule has 0 radical (unpaired) electrons. The summed E-state index contributed by atoms with van der Waals surface area (Å²) in [7, 11) is 1.55. The molecule has 1 atom stereocenters. The van der Waals surface area contributed by atoms with Crippen LogP contribution in [0.3, 0.4) is 0 Å². The van der Waals surface area contributed by atoms with Crippen LogP contribution in [0.25, 0.3) is 0 Å². The lowest BCUT2D eigenvalue weighted by molar-refractivity contribution is 0.103. The van der Waals surface area contributed by atoms with Crippen molar-refractivity contribution in [3.63, 3.8) is 0 Å². The fourth-order valence-corrected chi connectivity index (χ4v) is 2.06. The van der Waals surface area contributed by atoms with Gasteiger partial charge in [-0.3, -0.25) is 9.00 Å². The molecule has 0 N–H and O–H groups in total. The van der Waals surface area contributed by atoms with Crippen LogP contribution in [0.5, 0.6) is 5.75 Å². The summed E-state index contributed by atoms with van der Waals surface area (Å²) < 4.78 is 26.7. The molecular formula is C14H11O4S-. The first-order valence-electron chi connectivity index (χ1n) is 5.50. The smallest absolute Gasteiger partial charge is 0.193 e. The largest absolute Gasteiger partial charge is 0.768 e. The Labute approximate surface area is 113 Å². The van der Waals surface area contributed by atoms with Gasteiger partial charge >= 0.3 is 0 Å². The second kappa shape index (κ2) is 5.77. The van der Waals surface area contributed by atoms with E-state index < -0.39 is 11.1 Å². The third-order valence-corrected chi connectivity index (χ3v) is 3.28. The highest BCUT2D eigenvalue weighted by Crippen LogP contribution is 2.16. The SMILES string of the molecule is COc1ccc(C(=O)c2cccc(S(=O)[O-])c2)cc1. The fourth-order valence-electron chi connectivity index (χ4n) is 1.65. The summed E-state index contributed by atoms with van der Waals surface area (Å²) in [5, 5.41) is 0. The van der Waals surface area contributed by atoms with Gasteiger partial charge < -0.3 is 9.29 Å². The van der Waals surface area contributed by atoms with E-state index >= 15 is 0 Å². The Bertz CT molecular complexity index is 620. The van der Waals surface area contributed by atoms with Crippen LogP contribution in [-0.4, -0.2) is 21.7 Å².